The van der Waals surface area contributed by atoms with Crippen molar-refractivity contribution in [3.8, 4) is 0 Å². The van der Waals surface area contributed by atoms with Crippen LogP contribution >= 0.6 is 0 Å². The summed E-state index contributed by atoms with van der Waals surface area (Å²) < 4.78 is 5.25. The van der Waals surface area contributed by atoms with Crippen LogP contribution in [-0.4, -0.2) is 58.2 Å². The Balaban J connectivity index is 3.45. The minimum absolute atomic E-state index is 0.266. The summed E-state index contributed by atoms with van der Waals surface area (Å²) in [5.41, 5.74) is 0.114. The Morgan fingerprint density at radius 2 is 1.82 bits per heavy atom. The number of hydrogen-bond donors (Lipinski definition) is 3. The van der Waals surface area contributed by atoms with E-state index in [-0.39, 0.29) is 12.5 Å². The first-order valence-electron chi connectivity index (χ1n) is 11.7. The molecule has 0 aliphatic carbocycles. The fourth-order valence-electron chi connectivity index (χ4n) is 3.30. The molecule has 0 saturated heterocycles. The van der Waals surface area contributed by atoms with Crippen molar-refractivity contribution in [3.05, 3.63) is 42.0 Å². The minimum Gasteiger partial charge on any atom is -0.444 e. The second kappa shape index (κ2) is 12.6. The van der Waals surface area contributed by atoms with E-state index in [1.165, 1.54) is 4.90 Å². The normalized spacial score (nSPS) is 13.4. The first-order chi connectivity index (χ1) is 15.7. The zero-order valence-electron chi connectivity index (χ0n) is 21.6. The van der Waals surface area contributed by atoms with Gasteiger partial charge in [0.25, 0.3) is 0 Å². The number of carbonyl (C=O) groups is 3. The van der Waals surface area contributed by atoms with Crippen LogP contribution in [0.5, 0.6) is 0 Å². The molecule has 0 saturated carbocycles. The Kier molecular flexibility index (Phi) is 10.8. The van der Waals surface area contributed by atoms with Crippen molar-refractivity contribution < 1.29 is 24.2 Å². The molecule has 0 bridgehead atoms. The lowest BCUT2D eigenvalue weighted by Crippen LogP contribution is -2.55. The highest BCUT2D eigenvalue weighted by Gasteiger charge is 2.36. The van der Waals surface area contributed by atoms with E-state index in [1.54, 1.807) is 45.0 Å². The standard InChI is InChI=1S/C26H41N3O5/c1-9-11-15-29(23(32)20(17-30)27-24(33)34-26(6,7)8)21(22(31)28-25(3,4)5)19-14-12-13-18(10-2)16-19/h10,12-14,16,20-21,30H,2,9,11,15,17H2,1,3-8H3,(H,27,33)(H,28,31). The maximum absolute atomic E-state index is 13.6. The Morgan fingerprint density at radius 1 is 1.18 bits per heavy atom. The van der Waals surface area contributed by atoms with Gasteiger partial charge in [-0.1, -0.05) is 44.2 Å². The van der Waals surface area contributed by atoms with Crippen LogP contribution in [0.4, 0.5) is 4.79 Å². The number of aliphatic hydroxyl groups excluding tert-OH is 1. The molecule has 1 rings (SSSR count). The number of nitrogens with one attached hydrogen (secondary N) is 2. The van der Waals surface area contributed by atoms with E-state index in [2.05, 4.69) is 17.2 Å². The molecule has 0 aromatic heterocycles. The van der Waals surface area contributed by atoms with Gasteiger partial charge in [-0.25, -0.2) is 4.79 Å². The van der Waals surface area contributed by atoms with Crippen LogP contribution in [-0.2, 0) is 14.3 Å². The van der Waals surface area contributed by atoms with Crippen molar-refractivity contribution in [2.24, 2.45) is 0 Å². The lowest BCUT2D eigenvalue weighted by molar-refractivity contribution is -0.143. The average molecular weight is 476 g/mol. The van der Waals surface area contributed by atoms with Crippen molar-refractivity contribution >= 4 is 24.0 Å². The number of amides is 3. The van der Waals surface area contributed by atoms with Crippen molar-refractivity contribution in [2.45, 2.75) is 84.5 Å². The highest BCUT2D eigenvalue weighted by atomic mass is 16.6. The van der Waals surface area contributed by atoms with Crippen LogP contribution in [0.1, 0.15) is 78.5 Å². The Labute approximate surface area is 203 Å². The summed E-state index contributed by atoms with van der Waals surface area (Å²) in [6.07, 6.45) is 2.27. The van der Waals surface area contributed by atoms with Gasteiger partial charge in [-0.3, -0.25) is 9.59 Å². The number of rotatable bonds is 10. The van der Waals surface area contributed by atoms with Gasteiger partial charge < -0.3 is 25.4 Å². The van der Waals surface area contributed by atoms with Gasteiger partial charge in [-0.05, 0) is 65.2 Å². The molecule has 3 N–H and O–H groups in total. The van der Waals surface area contributed by atoms with E-state index in [1.807, 2.05) is 33.8 Å². The largest absolute Gasteiger partial charge is 0.444 e. The number of alkyl carbamates (subject to hydrolysis) is 1. The third-order valence-corrected chi connectivity index (χ3v) is 4.73. The SMILES string of the molecule is C=Cc1cccc(C(C(=O)NC(C)(C)C)N(CCCC)C(=O)C(CO)NC(=O)OC(C)(C)C)c1. The molecule has 0 heterocycles. The fourth-order valence-corrected chi connectivity index (χ4v) is 3.30. The molecule has 0 aliphatic heterocycles. The third kappa shape index (κ3) is 9.55. The Hall–Kier alpha value is -2.87. The average Bonchev–Trinajstić information content (AvgIpc) is 2.71. The smallest absolute Gasteiger partial charge is 0.408 e. The number of aliphatic hydroxyl groups is 1. The molecule has 0 fully saturated rings. The zero-order chi connectivity index (χ0) is 26.1. The van der Waals surface area contributed by atoms with Crippen LogP contribution in [0.2, 0.25) is 0 Å². The molecule has 34 heavy (non-hydrogen) atoms. The summed E-state index contributed by atoms with van der Waals surface area (Å²) in [5, 5.41) is 15.4. The number of nitrogens with zero attached hydrogens (tertiary/aromatic N) is 1. The topological polar surface area (TPSA) is 108 Å². The summed E-state index contributed by atoms with van der Waals surface area (Å²) in [4.78, 5) is 40.8. The maximum atomic E-state index is 13.6. The van der Waals surface area contributed by atoms with Crippen LogP contribution in [0.15, 0.2) is 30.8 Å². The lowest BCUT2D eigenvalue weighted by atomic mass is 9.98. The van der Waals surface area contributed by atoms with Crippen LogP contribution in [0.3, 0.4) is 0 Å². The number of benzene rings is 1. The predicted molar refractivity (Wildman–Crippen MR) is 134 cm³/mol. The fraction of sp³-hybridized carbons (Fsp3) is 0.577. The molecule has 2 atom stereocenters. The quantitative estimate of drug-likeness (QED) is 0.477. The predicted octanol–water partition coefficient (Wildman–Crippen LogP) is 3.80. The van der Waals surface area contributed by atoms with Gasteiger partial charge in [0.15, 0.2) is 0 Å². The summed E-state index contributed by atoms with van der Waals surface area (Å²) in [6, 6.07) is 5.01. The Morgan fingerprint density at radius 3 is 2.32 bits per heavy atom. The molecule has 8 heteroatoms. The molecule has 190 valence electrons. The molecule has 1 aromatic carbocycles. The van der Waals surface area contributed by atoms with Gasteiger partial charge in [0.1, 0.15) is 17.7 Å². The van der Waals surface area contributed by atoms with E-state index < -0.39 is 41.8 Å². The van der Waals surface area contributed by atoms with Gasteiger partial charge in [0.05, 0.1) is 6.61 Å². The van der Waals surface area contributed by atoms with Gasteiger partial charge in [-0.15, -0.1) is 0 Å². The van der Waals surface area contributed by atoms with E-state index in [0.717, 1.165) is 12.0 Å². The zero-order valence-corrected chi connectivity index (χ0v) is 21.6. The van der Waals surface area contributed by atoms with Crippen molar-refractivity contribution in [3.63, 3.8) is 0 Å². The molecule has 3 amide bonds. The number of hydrogen-bond acceptors (Lipinski definition) is 5. The van der Waals surface area contributed by atoms with Gasteiger partial charge in [-0.2, -0.15) is 0 Å². The van der Waals surface area contributed by atoms with E-state index in [0.29, 0.717) is 12.0 Å². The summed E-state index contributed by atoms with van der Waals surface area (Å²) in [7, 11) is 0. The van der Waals surface area contributed by atoms with E-state index in [4.69, 9.17) is 4.74 Å². The molecule has 2 unspecified atom stereocenters. The highest BCUT2D eigenvalue weighted by molar-refractivity contribution is 5.92. The highest BCUT2D eigenvalue weighted by Crippen LogP contribution is 2.25. The molecule has 1 aromatic rings. The number of unbranched alkanes of at least 4 members (excludes halogenated alkanes) is 1. The summed E-state index contributed by atoms with van der Waals surface area (Å²) >= 11 is 0. The minimum atomic E-state index is -1.26. The van der Waals surface area contributed by atoms with Gasteiger partial charge >= 0.3 is 6.09 Å². The molecule has 0 aliphatic rings. The van der Waals surface area contributed by atoms with Crippen LogP contribution < -0.4 is 10.6 Å². The summed E-state index contributed by atoms with van der Waals surface area (Å²) in [6.45, 7) is 16.1. The first kappa shape index (κ1) is 29.2. The maximum Gasteiger partial charge on any atom is 0.408 e. The monoisotopic (exact) mass is 475 g/mol. The van der Waals surface area contributed by atoms with Crippen LogP contribution in [0, 0.1) is 0 Å². The second-order valence-electron chi connectivity index (χ2n) is 10.3. The first-order valence-corrected chi connectivity index (χ1v) is 11.7. The molecule has 8 nitrogen and oxygen atoms in total. The molecule has 0 spiro atoms. The number of carbonyl (C=O) groups excluding carboxylic acids is 3. The van der Waals surface area contributed by atoms with Gasteiger partial charge in [0, 0.05) is 12.1 Å². The van der Waals surface area contributed by atoms with Crippen molar-refractivity contribution in [1.82, 2.24) is 15.5 Å². The van der Waals surface area contributed by atoms with E-state index >= 15 is 0 Å². The lowest BCUT2D eigenvalue weighted by Gasteiger charge is -2.35. The molecular weight excluding hydrogens is 434 g/mol. The van der Waals surface area contributed by atoms with E-state index in [9.17, 15) is 19.5 Å². The van der Waals surface area contributed by atoms with Crippen molar-refractivity contribution in [2.75, 3.05) is 13.2 Å². The molecule has 0 radical (unpaired) electrons. The third-order valence-electron chi connectivity index (χ3n) is 4.73. The van der Waals surface area contributed by atoms with Gasteiger partial charge in [0.2, 0.25) is 11.8 Å². The van der Waals surface area contributed by atoms with Crippen LogP contribution in [0.25, 0.3) is 6.08 Å². The molecular formula is C26H41N3O5. The van der Waals surface area contributed by atoms with Crippen molar-refractivity contribution in [1.29, 1.82) is 0 Å². The second-order valence-corrected chi connectivity index (χ2v) is 10.3. The number of ether oxygens (including phenoxy) is 1. The Bertz CT molecular complexity index is 855. The summed E-state index contributed by atoms with van der Waals surface area (Å²) in [5.74, 6) is -0.924.